The molecule has 0 spiro atoms. The van der Waals surface area contributed by atoms with Crippen LogP contribution in [0, 0.1) is 11.8 Å². The number of aromatic nitrogens is 2. The first-order valence-electron chi connectivity index (χ1n) is 9.80. The number of carbonyl (C=O) groups excluding carboxylic acids is 2. The molecule has 30 heavy (non-hydrogen) atoms. The van der Waals surface area contributed by atoms with Gasteiger partial charge in [0.05, 0.1) is 0 Å². The van der Waals surface area contributed by atoms with Crippen molar-refractivity contribution in [2.75, 3.05) is 16.8 Å². The van der Waals surface area contributed by atoms with Gasteiger partial charge >= 0.3 is 0 Å². The molecule has 1 N–H and O–H groups in total. The maximum Gasteiger partial charge on any atom is 0.255 e. The van der Waals surface area contributed by atoms with Crippen molar-refractivity contribution in [2.45, 2.75) is 19.3 Å². The van der Waals surface area contributed by atoms with E-state index in [-0.39, 0.29) is 11.8 Å². The highest BCUT2D eigenvalue weighted by atomic mass is 16.2. The van der Waals surface area contributed by atoms with Crippen molar-refractivity contribution in [3.63, 3.8) is 0 Å². The van der Waals surface area contributed by atoms with E-state index >= 15 is 0 Å². The summed E-state index contributed by atoms with van der Waals surface area (Å²) < 4.78 is 0. The van der Waals surface area contributed by atoms with E-state index < -0.39 is 0 Å². The van der Waals surface area contributed by atoms with Gasteiger partial charge in [0.25, 0.3) is 5.91 Å². The molecule has 4 rings (SSSR count). The minimum absolute atomic E-state index is 0.136. The van der Waals surface area contributed by atoms with Gasteiger partial charge in [0.15, 0.2) is 0 Å². The van der Waals surface area contributed by atoms with E-state index in [1.54, 1.807) is 41.6 Å². The molecule has 148 valence electrons. The van der Waals surface area contributed by atoms with Gasteiger partial charge in [0.2, 0.25) is 11.7 Å². The zero-order chi connectivity index (χ0) is 20.8. The molecule has 1 aliphatic heterocycles. The van der Waals surface area contributed by atoms with Crippen LogP contribution in [-0.4, -0.2) is 28.3 Å². The van der Waals surface area contributed by atoms with Crippen LogP contribution < -0.4 is 10.2 Å². The second kappa shape index (κ2) is 9.01. The standard InChI is InChI=1S/C24H20N4O2/c29-23-7-1-2-16-28(23)21-11-9-19(10-12-21)24(30)27-20-6-3-5-18(17-20)8-13-22-25-14-4-15-26-22/h3-6,9-12,14-15,17H,1-2,7,16H2,(H,27,30). The zero-order valence-electron chi connectivity index (χ0n) is 16.3. The summed E-state index contributed by atoms with van der Waals surface area (Å²) in [6, 6.07) is 16.1. The lowest BCUT2D eigenvalue weighted by Crippen LogP contribution is -2.35. The highest BCUT2D eigenvalue weighted by Crippen LogP contribution is 2.21. The molecule has 6 nitrogen and oxygen atoms in total. The van der Waals surface area contributed by atoms with Crippen LogP contribution in [-0.2, 0) is 4.79 Å². The molecule has 2 heterocycles. The number of rotatable bonds is 3. The Balaban J connectivity index is 1.44. The molecular weight excluding hydrogens is 376 g/mol. The Morgan fingerprint density at radius 3 is 2.53 bits per heavy atom. The number of hydrogen-bond acceptors (Lipinski definition) is 4. The average Bonchev–Trinajstić information content (AvgIpc) is 2.79. The van der Waals surface area contributed by atoms with E-state index in [1.807, 2.05) is 30.3 Å². The van der Waals surface area contributed by atoms with Gasteiger partial charge in [-0.1, -0.05) is 12.0 Å². The molecule has 0 atom stereocenters. The maximum atomic E-state index is 12.6. The van der Waals surface area contributed by atoms with Gasteiger partial charge in [-0.05, 0) is 67.3 Å². The molecule has 0 aliphatic carbocycles. The van der Waals surface area contributed by atoms with Crippen molar-refractivity contribution in [2.24, 2.45) is 0 Å². The monoisotopic (exact) mass is 396 g/mol. The highest BCUT2D eigenvalue weighted by Gasteiger charge is 2.19. The Labute approximate surface area is 175 Å². The molecule has 2 aromatic carbocycles. The van der Waals surface area contributed by atoms with Gasteiger partial charge in [-0.15, -0.1) is 0 Å². The molecule has 1 aliphatic rings. The van der Waals surface area contributed by atoms with Gasteiger partial charge < -0.3 is 10.2 Å². The first-order valence-corrected chi connectivity index (χ1v) is 9.80. The van der Waals surface area contributed by atoms with E-state index in [4.69, 9.17) is 0 Å². The Kier molecular flexibility index (Phi) is 5.81. The number of amides is 2. The summed E-state index contributed by atoms with van der Waals surface area (Å²) in [7, 11) is 0. The van der Waals surface area contributed by atoms with Crippen LogP contribution in [0.4, 0.5) is 11.4 Å². The third-order valence-electron chi connectivity index (χ3n) is 4.77. The average molecular weight is 396 g/mol. The fourth-order valence-electron chi connectivity index (χ4n) is 3.24. The number of hydrogen-bond donors (Lipinski definition) is 1. The van der Waals surface area contributed by atoms with E-state index in [9.17, 15) is 9.59 Å². The lowest BCUT2D eigenvalue weighted by Gasteiger charge is -2.26. The molecule has 0 bridgehead atoms. The summed E-state index contributed by atoms with van der Waals surface area (Å²) in [6.45, 7) is 0.728. The predicted molar refractivity (Wildman–Crippen MR) is 115 cm³/mol. The van der Waals surface area contributed by atoms with Crippen LogP contribution in [0.25, 0.3) is 0 Å². The van der Waals surface area contributed by atoms with Gasteiger partial charge in [-0.2, -0.15) is 0 Å². The van der Waals surface area contributed by atoms with Crippen LogP contribution in [0.5, 0.6) is 0 Å². The molecule has 0 radical (unpaired) electrons. The Hall–Kier alpha value is -3.98. The van der Waals surface area contributed by atoms with E-state index in [1.165, 1.54) is 0 Å². The molecule has 6 heteroatoms. The van der Waals surface area contributed by atoms with Gasteiger partial charge in [0, 0.05) is 47.9 Å². The van der Waals surface area contributed by atoms with Crippen LogP contribution in [0.3, 0.4) is 0 Å². The number of anilines is 2. The third-order valence-corrected chi connectivity index (χ3v) is 4.77. The summed E-state index contributed by atoms with van der Waals surface area (Å²) in [4.78, 5) is 34.6. The van der Waals surface area contributed by atoms with Gasteiger partial charge in [0.1, 0.15) is 0 Å². The smallest absolute Gasteiger partial charge is 0.255 e. The van der Waals surface area contributed by atoms with Crippen molar-refractivity contribution in [3.8, 4) is 11.8 Å². The summed E-state index contributed by atoms with van der Waals surface area (Å²) >= 11 is 0. The summed E-state index contributed by atoms with van der Waals surface area (Å²) in [5, 5.41) is 2.89. The lowest BCUT2D eigenvalue weighted by atomic mass is 10.1. The van der Waals surface area contributed by atoms with Crippen molar-refractivity contribution in [3.05, 3.63) is 83.9 Å². The Morgan fingerprint density at radius 1 is 0.967 bits per heavy atom. The summed E-state index contributed by atoms with van der Waals surface area (Å²) in [6.07, 6.45) is 5.80. The predicted octanol–water partition coefficient (Wildman–Crippen LogP) is 3.65. The molecule has 1 aromatic heterocycles. The fourth-order valence-corrected chi connectivity index (χ4v) is 3.24. The summed E-state index contributed by atoms with van der Waals surface area (Å²) in [5.41, 5.74) is 2.75. The van der Waals surface area contributed by atoms with E-state index in [0.29, 0.717) is 23.5 Å². The van der Waals surface area contributed by atoms with Crippen LogP contribution >= 0.6 is 0 Å². The molecule has 3 aromatic rings. The minimum atomic E-state index is -0.219. The molecule has 1 fully saturated rings. The zero-order valence-corrected chi connectivity index (χ0v) is 16.3. The number of nitrogens with one attached hydrogen (secondary N) is 1. The first kappa shape index (κ1) is 19.3. The fraction of sp³-hybridized carbons (Fsp3) is 0.167. The Bertz CT molecular complexity index is 1120. The van der Waals surface area contributed by atoms with Gasteiger partial charge in [-0.25, -0.2) is 9.97 Å². The van der Waals surface area contributed by atoms with Gasteiger partial charge in [-0.3, -0.25) is 9.59 Å². The maximum absolute atomic E-state index is 12.6. The normalized spacial score (nSPS) is 13.3. The van der Waals surface area contributed by atoms with Crippen LogP contribution in [0.1, 0.15) is 41.0 Å². The quantitative estimate of drug-likeness (QED) is 0.686. The SMILES string of the molecule is O=C(Nc1cccc(C#Cc2ncccn2)c1)c1ccc(N2CCCCC2=O)cc1. The summed E-state index contributed by atoms with van der Waals surface area (Å²) in [5.74, 6) is 6.26. The highest BCUT2D eigenvalue weighted by molar-refractivity contribution is 6.04. The second-order valence-corrected chi connectivity index (χ2v) is 6.91. The first-order chi connectivity index (χ1) is 14.7. The number of carbonyl (C=O) groups is 2. The third kappa shape index (κ3) is 4.70. The van der Waals surface area contributed by atoms with E-state index in [0.717, 1.165) is 30.6 Å². The number of piperidine rings is 1. The van der Waals surface area contributed by atoms with Crippen molar-refractivity contribution in [1.82, 2.24) is 9.97 Å². The van der Waals surface area contributed by atoms with E-state index in [2.05, 4.69) is 27.1 Å². The topological polar surface area (TPSA) is 75.2 Å². The molecule has 1 saturated heterocycles. The second-order valence-electron chi connectivity index (χ2n) is 6.91. The van der Waals surface area contributed by atoms with Crippen LogP contribution in [0.2, 0.25) is 0 Å². The molecule has 0 saturated carbocycles. The van der Waals surface area contributed by atoms with Crippen molar-refractivity contribution in [1.29, 1.82) is 0 Å². The van der Waals surface area contributed by atoms with Crippen molar-refractivity contribution < 1.29 is 9.59 Å². The number of nitrogens with zero attached hydrogens (tertiary/aromatic N) is 3. The molecule has 0 unspecified atom stereocenters. The lowest BCUT2D eigenvalue weighted by molar-refractivity contribution is -0.119. The van der Waals surface area contributed by atoms with Crippen LogP contribution in [0.15, 0.2) is 67.0 Å². The largest absolute Gasteiger partial charge is 0.322 e. The number of benzene rings is 2. The molecule has 2 amide bonds. The minimum Gasteiger partial charge on any atom is -0.322 e. The Morgan fingerprint density at radius 2 is 1.77 bits per heavy atom. The van der Waals surface area contributed by atoms with Crippen molar-refractivity contribution >= 4 is 23.2 Å². The molecular formula is C24H20N4O2.